The Morgan fingerprint density at radius 2 is 1.70 bits per heavy atom. The molecular formula is C38H52FNO6. The number of benzene rings is 1. The predicted molar refractivity (Wildman–Crippen MR) is 174 cm³/mol. The van der Waals surface area contributed by atoms with Crippen LogP contribution in [0.3, 0.4) is 0 Å². The lowest BCUT2D eigenvalue weighted by atomic mass is 9.74. The lowest BCUT2D eigenvalue weighted by Crippen LogP contribution is -2.48. The molecule has 3 atom stereocenters. The minimum absolute atomic E-state index is 0.0370. The van der Waals surface area contributed by atoms with E-state index < -0.39 is 12.0 Å². The van der Waals surface area contributed by atoms with Crippen LogP contribution >= 0.6 is 0 Å². The summed E-state index contributed by atoms with van der Waals surface area (Å²) >= 11 is 0. The first kappa shape index (κ1) is 33.2. The number of amides is 1. The maximum Gasteiger partial charge on any atom is 0.374 e. The lowest BCUT2D eigenvalue weighted by molar-refractivity contribution is -0.143. The fourth-order valence-electron chi connectivity index (χ4n) is 9.07. The van der Waals surface area contributed by atoms with E-state index in [1.54, 1.807) is 13.2 Å². The lowest BCUT2D eigenvalue weighted by Gasteiger charge is -2.37. The van der Waals surface area contributed by atoms with Gasteiger partial charge >= 0.3 is 5.97 Å². The van der Waals surface area contributed by atoms with Crippen LogP contribution in [0, 0.1) is 35.5 Å². The number of furan rings is 1. The van der Waals surface area contributed by atoms with Crippen molar-refractivity contribution in [1.29, 1.82) is 0 Å². The third-order valence-electron chi connectivity index (χ3n) is 12.0. The maximum atomic E-state index is 14.3. The standard InChI is InChI=1S/C38H52FNO6/c1-24(22-39)27-8-10-29(11-9-27)37(42)40-18-17-32(28-12-14-31(44-2)15-13-28)36(40)33(41)20-26-7-16-34-30(19-26)21-35(46-34)38(43)45-23-25-5-3-4-6-25/h7,16,19,21,24-25,27-29,31-32,36H,3-6,8-15,17-18,20,22-23H2,1-2H3/t24-,27?,28?,29?,31?,32+,36+/m1/s1. The number of carbonyl (C=O) groups is 3. The quantitative estimate of drug-likeness (QED) is 0.235. The molecule has 1 aromatic carbocycles. The number of hydrogen-bond donors (Lipinski definition) is 0. The van der Waals surface area contributed by atoms with Crippen LogP contribution in [0.2, 0.25) is 0 Å². The molecule has 46 heavy (non-hydrogen) atoms. The summed E-state index contributed by atoms with van der Waals surface area (Å²) < 4.78 is 30.3. The molecule has 252 valence electrons. The molecule has 4 aliphatic rings. The number of rotatable bonds is 11. The summed E-state index contributed by atoms with van der Waals surface area (Å²) in [5, 5.41) is 0.770. The second kappa shape index (κ2) is 15.0. The van der Waals surface area contributed by atoms with E-state index in [4.69, 9.17) is 13.9 Å². The molecule has 1 saturated heterocycles. The van der Waals surface area contributed by atoms with Crippen molar-refractivity contribution in [3.05, 3.63) is 35.6 Å². The van der Waals surface area contributed by atoms with Crippen molar-refractivity contribution < 1.29 is 32.7 Å². The maximum absolute atomic E-state index is 14.3. The number of methoxy groups -OCH3 is 1. The third kappa shape index (κ3) is 7.37. The molecule has 0 unspecified atom stereocenters. The van der Waals surface area contributed by atoms with Gasteiger partial charge in [-0.2, -0.15) is 0 Å². The fraction of sp³-hybridized carbons (Fsp3) is 0.711. The number of ketones is 1. The Morgan fingerprint density at radius 3 is 2.39 bits per heavy atom. The average molecular weight is 638 g/mol. The largest absolute Gasteiger partial charge is 0.460 e. The first-order chi connectivity index (χ1) is 22.3. The van der Waals surface area contributed by atoms with Gasteiger partial charge in [0.1, 0.15) is 5.58 Å². The van der Waals surface area contributed by atoms with E-state index in [0.717, 1.165) is 81.6 Å². The zero-order valence-electron chi connectivity index (χ0n) is 27.7. The van der Waals surface area contributed by atoms with Gasteiger partial charge in [-0.1, -0.05) is 25.8 Å². The van der Waals surface area contributed by atoms with Crippen molar-refractivity contribution in [3.8, 4) is 0 Å². The molecule has 3 saturated carbocycles. The highest BCUT2D eigenvalue weighted by molar-refractivity contribution is 5.94. The van der Waals surface area contributed by atoms with Crippen molar-refractivity contribution >= 4 is 28.6 Å². The number of fused-ring (bicyclic) bond motifs is 1. The van der Waals surface area contributed by atoms with Crippen LogP contribution in [0.5, 0.6) is 0 Å². The molecule has 4 fully saturated rings. The van der Waals surface area contributed by atoms with Crippen molar-refractivity contribution in [2.75, 3.05) is 26.9 Å². The van der Waals surface area contributed by atoms with Gasteiger partial charge in [-0.15, -0.1) is 0 Å². The molecule has 1 aliphatic heterocycles. The Morgan fingerprint density at radius 1 is 0.957 bits per heavy atom. The van der Waals surface area contributed by atoms with E-state index >= 15 is 0 Å². The number of nitrogens with zero attached hydrogens (tertiary/aromatic N) is 1. The van der Waals surface area contributed by atoms with Crippen LogP contribution in [0.15, 0.2) is 28.7 Å². The fourth-order valence-corrected chi connectivity index (χ4v) is 9.07. The molecule has 0 radical (unpaired) electrons. The predicted octanol–water partition coefficient (Wildman–Crippen LogP) is 7.73. The van der Waals surface area contributed by atoms with Crippen molar-refractivity contribution in [1.82, 2.24) is 4.90 Å². The Balaban J connectivity index is 1.15. The number of carbonyl (C=O) groups excluding carboxylic acids is 3. The first-order valence-electron chi connectivity index (χ1n) is 18.0. The molecule has 2 heterocycles. The number of ether oxygens (including phenoxy) is 2. The molecule has 8 heteroatoms. The molecule has 2 aromatic rings. The SMILES string of the molecule is COC1CCC([C@@H]2CCN(C(=O)C3CCC([C@H](C)CF)CC3)[C@@H]2C(=O)Cc2ccc3oc(C(=O)OCC4CCCC4)cc3c2)CC1. The Labute approximate surface area is 272 Å². The minimum atomic E-state index is -0.444. The Kier molecular flexibility index (Phi) is 10.8. The minimum Gasteiger partial charge on any atom is -0.460 e. The summed E-state index contributed by atoms with van der Waals surface area (Å²) in [7, 11) is 1.77. The highest BCUT2D eigenvalue weighted by Gasteiger charge is 2.47. The van der Waals surface area contributed by atoms with Gasteiger partial charge in [0.2, 0.25) is 11.7 Å². The molecule has 3 aliphatic carbocycles. The van der Waals surface area contributed by atoms with Crippen LogP contribution in [0.25, 0.3) is 11.0 Å². The molecule has 0 bridgehead atoms. The Hall–Kier alpha value is -2.74. The van der Waals surface area contributed by atoms with Gasteiger partial charge in [-0.05, 0) is 124 Å². The van der Waals surface area contributed by atoms with E-state index in [-0.39, 0.29) is 54.4 Å². The van der Waals surface area contributed by atoms with Crippen LogP contribution in [-0.4, -0.2) is 61.6 Å². The summed E-state index contributed by atoms with van der Waals surface area (Å²) in [4.78, 5) is 42.9. The van der Waals surface area contributed by atoms with Crippen LogP contribution in [0.4, 0.5) is 4.39 Å². The molecule has 0 N–H and O–H groups in total. The molecule has 6 rings (SSSR count). The monoisotopic (exact) mass is 637 g/mol. The van der Waals surface area contributed by atoms with Crippen LogP contribution < -0.4 is 0 Å². The summed E-state index contributed by atoms with van der Waals surface area (Å²) in [6, 6.07) is 6.93. The summed E-state index contributed by atoms with van der Waals surface area (Å²) in [5.41, 5.74) is 1.44. The highest BCUT2D eigenvalue weighted by Crippen LogP contribution is 2.42. The molecule has 1 aromatic heterocycles. The van der Waals surface area contributed by atoms with Gasteiger partial charge in [0, 0.05) is 31.4 Å². The molecule has 0 spiro atoms. The second-order valence-corrected chi connectivity index (χ2v) is 14.8. The van der Waals surface area contributed by atoms with Crippen LogP contribution in [0.1, 0.15) is 107 Å². The van der Waals surface area contributed by atoms with E-state index in [1.165, 1.54) is 12.8 Å². The number of halogens is 1. The number of alkyl halides is 1. The third-order valence-corrected chi connectivity index (χ3v) is 12.0. The van der Waals surface area contributed by atoms with Crippen molar-refractivity contribution in [2.24, 2.45) is 35.5 Å². The summed E-state index contributed by atoms with van der Waals surface area (Å²) in [5.74, 6) is 1.21. The first-order valence-corrected chi connectivity index (χ1v) is 18.0. The number of hydrogen-bond acceptors (Lipinski definition) is 6. The van der Waals surface area contributed by atoms with E-state index in [0.29, 0.717) is 36.5 Å². The zero-order chi connectivity index (χ0) is 32.2. The van der Waals surface area contributed by atoms with Crippen LogP contribution in [-0.2, 0) is 25.5 Å². The van der Waals surface area contributed by atoms with E-state index in [2.05, 4.69) is 0 Å². The van der Waals surface area contributed by atoms with Crippen molar-refractivity contribution in [3.63, 3.8) is 0 Å². The van der Waals surface area contributed by atoms with E-state index in [9.17, 15) is 18.8 Å². The highest BCUT2D eigenvalue weighted by atomic mass is 19.1. The van der Waals surface area contributed by atoms with Crippen molar-refractivity contribution in [2.45, 2.75) is 109 Å². The van der Waals surface area contributed by atoms with Gasteiger partial charge in [0.15, 0.2) is 5.78 Å². The van der Waals surface area contributed by atoms with E-state index in [1.807, 2.05) is 30.0 Å². The summed E-state index contributed by atoms with van der Waals surface area (Å²) in [6.07, 6.45) is 13.3. The molecule has 7 nitrogen and oxygen atoms in total. The number of esters is 1. The zero-order valence-corrected chi connectivity index (χ0v) is 27.7. The smallest absolute Gasteiger partial charge is 0.374 e. The average Bonchev–Trinajstić information content (AvgIpc) is 3.87. The van der Waals surface area contributed by atoms with Gasteiger partial charge in [-0.25, -0.2) is 4.79 Å². The Bertz CT molecular complexity index is 1350. The number of Topliss-reactive ketones (excluding diaryl/α,β-unsaturated/α-hetero) is 1. The second-order valence-electron chi connectivity index (χ2n) is 14.8. The van der Waals surface area contributed by atoms with Gasteiger partial charge in [0.05, 0.1) is 25.4 Å². The number of likely N-dealkylation sites (tertiary alicyclic amines) is 1. The summed E-state index contributed by atoms with van der Waals surface area (Å²) in [6.45, 7) is 2.71. The molecule has 1 amide bonds. The normalized spacial score (nSPS) is 29.7. The van der Waals surface area contributed by atoms with Gasteiger partial charge < -0.3 is 18.8 Å². The van der Waals surface area contributed by atoms with Gasteiger partial charge in [0.25, 0.3) is 0 Å². The topological polar surface area (TPSA) is 86.0 Å². The van der Waals surface area contributed by atoms with Gasteiger partial charge in [-0.3, -0.25) is 14.0 Å². The molecular weight excluding hydrogens is 585 g/mol.